The molecular weight excluding hydrogens is 323 g/mol. The fourth-order valence-corrected chi connectivity index (χ4v) is 2.17. The van der Waals surface area contributed by atoms with E-state index in [0.717, 1.165) is 5.56 Å². The van der Waals surface area contributed by atoms with Gasteiger partial charge in [-0.1, -0.05) is 24.3 Å². The molecule has 2 rings (SSSR count). The largest absolute Gasteiger partial charge is 0.494 e. The minimum Gasteiger partial charge on any atom is -0.494 e. The molecule has 0 unspecified atom stereocenters. The van der Waals surface area contributed by atoms with Crippen LogP contribution in [0.3, 0.4) is 0 Å². The van der Waals surface area contributed by atoms with Crippen LogP contribution in [0.5, 0.6) is 5.75 Å². The second kappa shape index (κ2) is 8.63. The summed E-state index contributed by atoms with van der Waals surface area (Å²) in [5, 5.41) is 2.65. The third-order valence-corrected chi connectivity index (χ3v) is 3.33. The third-order valence-electron chi connectivity index (χ3n) is 3.33. The highest BCUT2D eigenvalue weighted by molar-refractivity contribution is 6.03. The number of hydrogen-bond acceptors (Lipinski definition) is 3. The highest BCUT2D eigenvalue weighted by atomic mass is 19.1. The highest BCUT2D eigenvalue weighted by Gasteiger charge is 2.12. The second-order valence-corrected chi connectivity index (χ2v) is 5.21. The van der Waals surface area contributed by atoms with E-state index in [2.05, 4.69) is 5.32 Å². The quantitative estimate of drug-likeness (QED) is 0.809. The Morgan fingerprint density at radius 2 is 1.92 bits per heavy atom. The van der Waals surface area contributed by atoms with Crippen LogP contribution in [0.4, 0.5) is 10.1 Å². The number of benzene rings is 2. The standard InChI is InChI=1S/C19H19FN2O3/c1-2-25-15-10-11-17(16(12-15)19(21)24)22-18(23)5-3-4-13-6-8-14(20)9-7-13/h3-4,6-12H,2,5H2,1H3,(H2,21,24)(H,22,23)/b4-3-. The summed E-state index contributed by atoms with van der Waals surface area (Å²) in [5.74, 6) is -0.765. The van der Waals surface area contributed by atoms with Crippen LogP contribution in [0.1, 0.15) is 29.3 Å². The lowest BCUT2D eigenvalue weighted by Gasteiger charge is -2.10. The maximum Gasteiger partial charge on any atom is 0.250 e. The Morgan fingerprint density at radius 1 is 1.20 bits per heavy atom. The monoisotopic (exact) mass is 342 g/mol. The van der Waals surface area contributed by atoms with Gasteiger partial charge in [0.2, 0.25) is 5.91 Å². The molecule has 0 spiro atoms. The van der Waals surface area contributed by atoms with Crippen molar-refractivity contribution in [2.24, 2.45) is 5.73 Å². The minimum absolute atomic E-state index is 0.1000. The van der Waals surface area contributed by atoms with Crippen molar-refractivity contribution in [2.45, 2.75) is 13.3 Å². The Kier molecular flexibility index (Phi) is 6.28. The highest BCUT2D eigenvalue weighted by Crippen LogP contribution is 2.22. The molecular formula is C19H19FN2O3. The molecule has 0 bridgehead atoms. The maximum absolute atomic E-state index is 12.8. The summed E-state index contributed by atoms with van der Waals surface area (Å²) >= 11 is 0. The van der Waals surface area contributed by atoms with Crippen molar-refractivity contribution in [1.82, 2.24) is 0 Å². The lowest BCUT2D eigenvalue weighted by molar-refractivity contribution is -0.115. The van der Waals surface area contributed by atoms with Crippen LogP contribution in [0.2, 0.25) is 0 Å². The van der Waals surface area contributed by atoms with Crippen LogP contribution < -0.4 is 15.8 Å². The van der Waals surface area contributed by atoms with Crippen LogP contribution in [0, 0.1) is 5.82 Å². The number of rotatable bonds is 7. The first-order valence-electron chi connectivity index (χ1n) is 7.78. The van der Waals surface area contributed by atoms with Crippen molar-refractivity contribution in [3.63, 3.8) is 0 Å². The van der Waals surface area contributed by atoms with Gasteiger partial charge in [-0.3, -0.25) is 9.59 Å². The van der Waals surface area contributed by atoms with Crippen LogP contribution in [0.15, 0.2) is 48.5 Å². The van der Waals surface area contributed by atoms with Gasteiger partial charge in [0.25, 0.3) is 5.91 Å². The molecule has 0 atom stereocenters. The first-order valence-corrected chi connectivity index (χ1v) is 7.78. The molecule has 0 aliphatic heterocycles. The van der Waals surface area contributed by atoms with Gasteiger partial charge < -0.3 is 15.8 Å². The normalized spacial score (nSPS) is 10.6. The van der Waals surface area contributed by atoms with E-state index in [0.29, 0.717) is 18.0 Å². The number of hydrogen-bond donors (Lipinski definition) is 2. The van der Waals surface area contributed by atoms with E-state index in [1.807, 2.05) is 6.92 Å². The van der Waals surface area contributed by atoms with Crippen LogP contribution >= 0.6 is 0 Å². The molecule has 2 aromatic rings. The summed E-state index contributed by atoms with van der Waals surface area (Å²) in [7, 11) is 0. The summed E-state index contributed by atoms with van der Waals surface area (Å²) in [4.78, 5) is 23.6. The average Bonchev–Trinajstić information content (AvgIpc) is 2.58. The van der Waals surface area contributed by atoms with Gasteiger partial charge in [-0.25, -0.2) is 4.39 Å². The first kappa shape index (κ1) is 18.2. The van der Waals surface area contributed by atoms with Crippen molar-refractivity contribution in [1.29, 1.82) is 0 Å². The van der Waals surface area contributed by atoms with E-state index < -0.39 is 5.91 Å². The molecule has 2 aromatic carbocycles. The fourth-order valence-electron chi connectivity index (χ4n) is 2.17. The van der Waals surface area contributed by atoms with Crippen molar-refractivity contribution in [3.8, 4) is 5.75 Å². The summed E-state index contributed by atoms with van der Waals surface area (Å²) in [5.41, 5.74) is 6.65. The number of primary amides is 1. The van der Waals surface area contributed by atoms with E-state index in [-0.39, 0.29) is 23.7 Å². The predicted octanol–water partition coefficient (Wildman–Crippen LogP) is 3.37. The van der Waals surface area contributed by atoms with Crippen molar-refractivity contribution >= 4 is 23.6 Å². The number of carbonyl (C=O) groups is 2. The van der Waals surface area contributed by atoms with E-state index in [1.165, 1.54) is 18.2 Å². The van der Waals surface area contributed by atoms with Crippen molar-refractivity contribution in [3.05, 3.63) is 65.5 Å². The molecule has 0 fully saturated rings. The Hall–Kier alpha value is -3.15. The minimum atomic E-state index is -0.654. The number of ether oxygens (including phenoxy) is 1. The molecule has 2 amide bonds. The Balaban J connectivity index is 2.02. The fraction of sp³-hybridized carbons (Fsp3) is 0.158. The molecule has 0 aliphatic rings. The number of anilines is 1. The van der Waals surface area contributed by atoms with Gasteiger partial charge in [-0.05, 0) is 42.8 Å². The van der Waals surface area contributed by atoms with Gasteiger partial charge in [0.05, 0.1) is 17.9 Å². The molecule has 25 heavy (non-hydrogen) atoms. The van der Waals surface area contributed by atoms with E-state index >= 15 is 0 Å². The van der Waals surface area contributed by atoms with Gasteiger partial charge in [0, 0.05) is 6.42 Å². The van der Waals surface area contributed by atoms with Crippen molar-refractivity contribution in [2.75, 3.05) is 11.9 Å². The van der Waals surface area contributed by atoms with E-state index in [9.17, 15) is 14.0 Å². The van der Waals surface area contributed by atoms with Crippen LogP contribution in [-0.2, 0) is 4.79 Å². The summed E-state index contributed by atoms with van der Waals surface area (Å²) in [6.45, 7) is 2.28. The molecule has 0 saturated carbocycles. The number of carbonyl (C=O) groups excluding carboxylic acids is 2. The Labute approximate surface area is 145 Å². The van der Waals surface area contributed by atoms with Gasteiger partial charge in [-0.15, -0.1) is 0 Å². The molecule has 0 aliphatic carbocycles. The summed E-state index contributed by atoms with van der Waals surface area (Å²) < 4.78 is 18.1. The lowest BCUT2D eigenvalue weighted by atomic mass is 10.1. The Bertz CT molecular complexity index is 786. The van der Waals surface area contributed by atoms with Gasteiger partial charge >= 0.3 is 0 Å². The van der Waals surface area contributed by atoms with Gasteiger partial charge in [0.1, 0.15) is 11.6 Å². The van der Waals surface area contributed by atoms with Crippen LogP contribution in [-0.4, -0.2) is 18.4 Å². The molecule has 0 saturated heterocycles. The maximum atomic E-state index is 12.8. The lowest BCUT2D eigenvalue weighted by Crippen LogP contribution is -2.17. The average molecular weight is 342 g/mol. The third kappa shape index (κ3) is 5.46. The molecule has 5 nitrogen and oxygen atoms in total. The molecule has 3 N–H and O–H groups in total. The Morgan fingerprint density at radius 3 is 2.56 bits per heavy atom. The number of amides is 2. The topological polar surface area (TPSA) is 81.4 Å². The molecule has 6 heteroatoms. The number of nitrogens with two attached hydrogens (primary N) is 1. The SMILES string of the molecule is CCOc1ccc(NC(=O)C/C=C\c2ccc(F)cc2)c(C(N)=O)c1. The van der Waals surface area contributed by atoms with E-state index in [4.69, 9.17) is 10.5 Å². The molecule has 0 aromatic heterocycles. The van der Waals surface area contributed by atoms with Gasteiger partial charge in [-0.2, -0.15) is 0 Å². The molecule has 0 heterocycles. The molecule has 130 valence electrons. The van der Waals surface area contributed by atoms with Crippen LogP contribution in [0.25, 0.3) is 6.08 Å². The molecule has 0 radical (unpaired) electrons. The summed E-state index contributed by atoms with van der Waals surface area (Å²) in [6, 6.07) is 10.6. The van der Waals surface area contributed by atoms with Gasteiger partial charge in [0.15, 0.2) is 0 Å². The zero-order chi connectivity index (χ0) is 18.2. The van der Waals surface area contributed by atoms with E-state index in [1.54, 1.807) is 36.4 Å². The zero-order valence-electron chi connectivity index (χ0n) is 13.8. The first-order chi connectivity index (χ1) is 12.0. The smallest absolute Gasteiger partial charge is 0.250 e. The van der Waals surface area contributed by atoms with Crippen molar-refractivity contribution < 1.29 is 18.7 Å². The zero-order valence-corrected chi connectivity index (χ0v) is 13.8. The summed E-state index contributed by atoms with van der Waals surface area (Å²) in [6.07, 6.45) is 3.47. The number of nitrogens with one attached hydrogen (secondary N) is 1. The number of halogens is 1. The second-order valence-electron chi connectivity index (χ2n) is 5.21. The predicted molar refractivity (Wildman–Crippen MR) is 94.8 cm³/mol.